The molecule has 0 aliphatic rings. The van der Waals surface area contributed by atoms with Gasteiger partial charge in [-0.1, -0.05) is 66.5 Å². The zero-order valence-corrected chi connectivity index (χ0v) is 30.3. The summed E-state index contributed by atoms with van der Waals surface area (Å²) in [7, 11) is 2.98. The minimum atomic E-state index is -0.969. The van der Waals surface area contributed by atoms with Crippen LogP contribution in [0.4, 0.5) is 0 Å². The highest BCUT2D eigenvalue weighted by Crippen LogP contribution is 2.34. The molecule has 0 radical (unpaired) electrons. The van der Waals surface area contributed by atoms with Crippen LogP contribution in [0.1, 0.15) is 53.6 Å². The van der Waals surface area contributed by atoms with E-state index in [9.17, 15) is 14.7 Å². The topological polar surface area (TPSA) is 149 Å². The Labute approximate surface area is 301 Å². The van der Waals surface area contributed by atoms with Crippen molar-refractivity contribution in [1.29, 1.82) is 0 Å². The van der Waals surface area contributed by atoms with Gasteiger partial charge in [-0.2, -0.15) is 9.97 Å². The van der Waals surface area contributed by atoms with Crippen LogP contribution in [0.5, 0.6) is 23.5 Å². The molecule has 0 aliphatic heterocycles. The van der Waals surface area contributed by atoms with Gasteiger partial charge in [0.15, 0.2) is 0 Å². The third kappa shape index (κ3) is 9.35. The maximum Gasteiger partial charge on any atom is 0.320 e. The highest BCUT2D eigenvalue weighted by atomic mass is 35.5. The molecule has 266 valence electrons. The Morgan fingerprint density at radius 2 is 1.22 bits per heavy atom. The molecule has 0 amide bonds. The van der Waals surface area contributed by atoms with Crippen molar-refractivity contribution in [2.75, 3.05) is 14.2 Å². The normalized spacial score (nSPS) is 12.2. The lowest BCUT2D eigenvalue weighted by Gasteiger charge is -2.18. The van der Waals surface area contributed by atoms with Gasteiger partial charge in [-0.25, -0.2) is 0 Å². The number of nitrogens with zero attached hydrogens (tertiary/aromatic N) is 2. The maximum atomic E-state index is 11.2. The first-order valence-electron chi connectivity index (χ1n) is 15.9. The van der Waals surface area contributed by atoms with Crippen LogP contribution in [0.25, 0.3) is 11.1 Å². The summed E-state index contributed by atoms with van der Waals surface area (Å²) in [6, 6.07) is 14.6. The first-order valence-corrected chi connectivity index (χ1v) is 16.7. The number of nitrogens with one attached hydrogen (secondary N) is 1. The average Bonchev–Trinajstić information content (AvgIpc) is 3.09. The number of carbonyl (C=O) groups is 2. The molecule has 0 fully saturated rings. The summed E-state index contributed by atoms with van der Waals surface area (Å²) in [5.74, 6) is -1.29. The average molecular weight is 727 g/mol. The molecule has 2 heterocycles. The molecule has 3 N–H and O–H groups in total. The third-order valence-corrected chi connectivity index (χ3v) is 9.04. The van der Waals surface area contributed by atoms with Gasteiger partial charge >= 0.3 is 11.9 Å². The second-order valence-corrected chi connectivity index (χ2v) is 12.7. The Morgan fingerprint density at radius 1 is 0.740 bits per heavy atom. The van der Waals surface area contributed by atoms with Gasteiger partial charge in [-0.05, 0) is 79.1 Å². The van der Waals surface area contributed by atoms with Crippen molar-refractivity contribution < 1.29 is 38.7 Å². The first kappa shape index (κ1) is 38.2. The molecule has 4 rings (SSSR count). The standard InChI is InChI=1S/C37H41Cl2N3O8/c1-20(36(43)44)13-14-24-15-30(38)34(41-32(24)47-5)49-18-25-9-7-11-28(21(25)2)29-12-8-10-26(22(29)3)19-50-35-31(39)16-27(33(42-35)48-6)17-40-23(4)37(45)46/h7-12,15-16,20,23,40H,13-14,17-19H2,1-6H3,(H,43,44)(H,45,46)/t20-,23+/m0/s1. The van der Waals surface area contributed by atoms with Gasteiger partial charge in [0, 0.05) is 17.7 Å². The fraction of sp³-hybridized carbons (Fsp3) is 0.351. The number of aliphatic carboxylic acids is 2. The molecule has 2 atom stereocenters. The lowest BCUT2D eigenvalue weighted by Crippen LogP contribution is -2.33. The van der Waals surface area contributed by atoms with Gasteiger partial charge in [0.05, 0.1) is 20.1 Å². The van der Waals surface area contributed by atoms with Crippen LogP contribution in [0.3, 0.4) is 0 Å². The molecule has 0 saturated carbocycles. The summed E-state index contributed by atoms with van der Waals surface area (Å²) in [6.07, 6.45) is 0.871. The van der Waals surface area contributed by atoms with Crippen molar-refractivity contribution in [3.05, 3.63) is 92.0 Å². The van der Waals surface area contributed by atoms with E-state index in [1.807, 2.05) is 50.2 Å². The molecule has 0 unspecified atom stereocenters. The van der Waals surface area contributed by atoms with Crippen LogP contribution in [0, 0.1) is 19.8 Å². The molecule has 50 heavy (non-hydrogen) atoms. The Morgan fingerprint density at radius 3 is 1.68 bits per heavy atom. The number of aromatic nitrogens is 2. The van der Waals surface area contributed by atoms with E-state index < -0.39 is 23.9 Å². The van der Waals surface area contributed by atoms with Crippen molar-refractivity contribution in [3.8, 4) is 34.6 Å². The highest BCUT2D eigenvalue weighted by molar-refractivity contribution is 6.32. The lowest BCUT2D eigenvalue weighted by molar-refractivity contribution is -0.141. The van der Waals surface area contributed by atoms with Gasteiger partial charge in [0.1, 0.15) is 29.3 Å². The predicted molar refractivity (Wildman–Crippen MR) is 191 cm³/mol. The minimum absolute atomic E-state index is 0.197. The van der Waals surface area contributed by atoms with Crippen molar-refractivity contribution in [2.24, 2.45) is 5.92 Å². The predicted octanol–water partition coefficient (Wildman–Crippen LogP) is 7.46. The van der Waals surface area contributed by atoms with Crippen LogP contribution in [-0.4, -0.2) is 52.4 Å². The number of carboxylic acids is 2. The quantitative estimate of drug-likeness (QED) is 0.0996. The van der Waals surface area contributed by atoms with E-state index in [0.717, 1.165) is 33.4 Å². The zero-order valence-electron chi connectivity index (χ0n) is 28.8. The van der Waals surface area contributed by atoms with Crippen LogP contribution in [-0.2, 0) is 35.8 Å². The van der Waals surface area contributed by atoms with Crippen LogP contribution < -0.4 is 24.3 Å². The Hall–Kier alpha value is -4.58. The molecule has 0 saturated heterocycles. The number of pyridine rings is 2. The number of benzene rings is 2. The van der Waals surface area contributed by atoms with Crippen molar-refractivity contribution in [1.82, 2.24) is 15.3 Å². The zero-order chi connectivity index (χ0) is 36.5. The second-order valence-electron chi connectivity index (χ2n) is 11.9. The molecule has 2 aromatic carbocycles. The van der Waals surface area contributed by atoms with Gasteiger partial charge in [-0.15, -0.1) is 0 Å². The lowest BCUT2D eigenvalue weighted by atomic mass is 9.92. The smallest absolute Gasteiger partial charge is 0.320 e. The van der Waals surface area contributed by atoms with Crippen molar-refractivity contribution in [3.63, 3.8) is 0 Å². The second kappa shape index (κ2) is 17.4. The molecular weight excluding hydrogens is 685 g/mol. The van der Waals surface area contributed by atoms with Crippen LogP contribution in [0.2, 0.25) is 10.0 Å². The number of aryl methyl sites for hydroxylation is 1. The van der Waals surface area contributed by atoms with Crippen molar-refractivity contribution >= 4 is 35.1 Å². The van der Waals surface area contributed by atoms with E-state index in [1.165, 1.54) is 14.2 Å². The van der Waals surface area contributed by atoms with E-state index in [0.29, 0.717) is 34.9 Å². The maximum absolute atomic E-state index is 11.2. The molecule has 11 nitrogen and oxygen atoms in total. The summed E-state index contributed by atoms with van der Waals surface area (Å²) < 4.78 is 23.0. The number of methoxy groups -OCH3 is 2. The summed E-state index contributed by atoms with van der Waals surface area (Å²) in [4.78, 5) is 31.3. The fourth-order valence-corrected chi connectivity index (χ4v) is 5.71. The summed E-state index contributed by atoms with van der Waals surface area (Å²) in [5, 5.41) is 21.9. The number of ether oxygens (including phenoxy) is 4. The fourth-order valence-electron chi connectivity index (χ4n) is 5.25. The highest BCUT2D eigenvalue weighted by Gasteiger charge is 2.19. The van der Waals surface area contributed by atoms with Gasteiger partial charge < -0.3 is 34.5 Å². The number of halogens is 2. The molecule has 4 aromatic rings. The van der Waals surface area contributed by atoms with Gasteiger partial charge in [0.2, 0.25) is 23.5 Å². The van der Waals surface area contributed by atoms with Gasteiger partial charge in [-0.3, -0.25) is 9.59 Å². The summed E-state index contributed by atoms with van der Waals surface area (Å²) in [6.45, 7) is 7.87. The first-order chi connectivity index (χ1) is 23.8. The molecule has 0 bridgehead atoms. The number of carboxylic acid groups (broad SMARTS) is 2. The monoisotopic (exact) mass is 725 g/mol. The summed E-state index contributed by atoms with van der Waals surface area (Å²) in [5.41, 5.74) is 7.27. The largest absolute Gasteiger partial charge is 0.481 e. The molecule has 0 aliphatic carbocycles. The third-order valence-electron chi connectivity index (χ3n) is 8.50. The van der Waals surface area contributed by atoms with Crippen molar-refractivity contribution in [2.45, 2.75) is 66.3 Å². The van der Waals surface area contributed by atoms with E-state index in [1.54, 1.807) is 26.0 Å². The van der Waals surface area contributed by atoms with E-state index >= 15 is 0 Å². The molecular formula is C37H41Cl2N3O8. The number of hydrogen-bond donors (Lipinski definition) is 3. The molecule has 2 aromatic heterocycles. The van der Waals surface area contributed by atoms with E-state index in [2.05, 4.69) is 15.3 Å². The Bertz CT molecular complexity index is 1720. The summed E-state index contributed by atoms with van der Waals surface area (Å²) >= 11 is 13.1. The Balaban J connectivity index is 1.49. The SMILES string of the molecule is COc1nc(OCc2cccc(-c3cccc(COc4nc(OC)c(CN[C@H](C)C(=O)O)cc4Cl)c3C)c2C)c(Cl)cc1CC[C@H](C)C(=O)O. The minimum Gasteiger partial charge on any atom is -0.481 e. The van der Waals surface area contributed by atoms with Gasteiger partial charge in [0.25, 0.3) is 0 Å². The van der Waals surface area contributed by atoms with Crippen LogP contribution >= 0.6 is 23.2 Å². The van der Waals surface area contributed by atoms with E-state index in [-0.39, 0.29) is 42.4 Å². The number of rotatable bonds is 17. The van der Waals surface area contributed by atoms with Crippen LogP contribution in [0.15, 0.2) is 48.5 Å². The van der Waals surface area contributed by atoms with E-state index in [4.69, 9.17) is 47.3 Å². The molecule has 13 heteroatoms. The number of hydrogen-bond acceptors (Lipinski definition) is 9. The Kier molecular flexibility index (Phi) is 13.3. The molecule has 0 spiro atoms.